The third-order valence-electron chi connectivity index (χ3n) is 2.87. The number of carbonyl (C=O) groups is 1. The van der Waals surface area contributed by atoms with Gasteiger partial charge in [0.2, 0.25) is 0 Å². The summed E-state index contributed by atoms with van der Waals surface area (Å²) in [6.07, 6.45) is 1.93. The fraction of sp³-hybridized carbons (Fsp3) is 0.333. The number of anilines is 1. The lowest BCUT2D eigenvalue weighted by Crippen LogP contribution is -2.29. The quantitative estimate of drug-likeness (QED) is 0.819. The molecular formula is C15H16F2N2O2. The molecule has 0 bridgehead atoms. The molecule has 112 valence electrons. The molecule has 0 saturated heterocycles. The number of carboxylic acids is 1. The van der Waals surface area contributed by atoms with E-state index in [4.69, 9.17) is 10.4 Å². The largest absolute Gasteiger partial charge is 0.478 e. The van der Waals surface area contributed by atoms with Crippen LogP contribution in [0.5, 0.6) is 0 Å². The molecule has 0 spiro atoms. The van der Waals surface area contributed by atoms with E-state index in [2.05, 4.69) is 0 Å². The molecule has 1 N–H and O–H groups in total. The first-order valence-corrected chi connectivity index (χ1v) is 6.43. The second-order valence-electron chi connectivity index (χ2n) is 4.57. The van der Waals surface area contributed by atoms with Gasteiger partial charge in [0.05, 0.1) is 12.0 Å². The highest BCUT2D eigenvalue weighted by atomic mass is 19.1. The maximum Gasteiger partial charge on any atom is 0.328 e. The minimum Gasteiger partial charge on any atom is -0.478 e. The third-order valence-corrected chi connectivity index (χ3v) is 2.87. The fourth-order valence-corrected chi connectivity index (χ4v) is 1.90. The first-order chi connectivity index (χ1) is 9.88. The Morgan fingerprint density at radius 1 is 1.48 bits per heavy atom. The summed E-state index contributed by atoms with van der Waals surface area (Å²) in [6.45, 7) is 3.97. The smallest absolute Gasteiger partial charge is 0.328 e. The Labute approximate surface area is 121 Å². The van der Waals surface area contributed by atoms with Crippen LogP contribution >= 0.6 is 0 Å². The van der Waals surface area contributed by atoms with E-state index in [1.807, 2.05) is 6.07 Å². The standard InChI is InChI=1S/C15H16F2N2O2/c1-3-19(9-10(2)8-18)15-12(16)6-11(7-13(15)17)4-5-14(20)21/h4-7,10H,3,9H2,1-2H3,(H,20,21). The van der Waals surface area contributed by atoms with Gasteiger partial charge >= 0.3 is 5.97 Å². The maximum absolute atomic E-state index is 14.1. The summed E-state index contributed by atoms with van der Waals surface area (Å²) in [5.74, 6) is -3.13. The van der Waals surface area contributed by atoms with Crippen molar-refractivity contribution in [2.75, 3.05) is 18.0 Å². The molecule has 21 heavy (non-hydrogen) atoms. The van der Waals surface area contributed by atoms with E-state index < -0.39 is 17.6 Å². The highest BCUT2D eigenvalue weighted by Crippen LogP contribution is 2.26. The van der Waals surface area contributed by atoms with Crippen LogP contribution in [-0.2, 0) is 4.79 Å². The predicted molar refractivity (Wildman–Crippen MR) is 75.7 cm³/mol. The summed E-state index contributed by atoms with van der Waals surface area (Å²) in [5, 5.41) is 17.3. The van der Waals surface area contributed by atoms with Gasteiger partial charge in [-0.25, -0.2) is 13.6 Å². The number of benzene rings is 1. The molecule has 1 atom stereocenters. The van der Waals surface area contributed by atoms with Crippen molar-refractivity contribution >= 4 is 17.7 Å². The first-order valence-electron chi connectivity index (χ1n) is 6.43. The lowest BCUT2D eigenvalue weighted by Gasteiger charge is -2.25. The van der Waals surface area contributed by atoms with E-state index in [9.17, 15) is 13.6 Å². The number of hydrogen-bond acceptors (Lipinski definition) is 3. The zero-order valence-corrected chi connectivity index (χ0v) is 11.8. The number of halogens is 2. The lowest BCUT2D eigenvalue weighted by molar-refractivity contribution is -0.131. The molecule has 1 unspecified atom stereocenters. The van der Waals surface area contributed by atoms with E-state index in [0.717, 1.165) is 24.3 Å². The van der Waals surface area contributed by atoms with Crippen LogP contribution in [0.4, 0.5) is 14.5 Å². The molecule has 0 radical (unpaired) electrons. The van der Waals surface area contributed by atoms with Crippen LogP contribution in [0.2, 0.25) is 0 Å². The lowest BCUT2D eigenvalue weighted by atomic mass is 10.1. The second-order valence-corrected chi connectivity index (χ2v) is 4.57. The summed E-state index contributed by atoms with van der Waals surface area (Å²) in [4.78, 5) is 11.9. The van der Waals surface area contributed by atoms with Crippen molar-refractivity contribution in [3.05, 3.63) is 35.4 Å². The Morgan fingerprint density at radius 3 is 2.48 bits per heavy atom. The molecule has 0 fully saturated rings. The van der Waals surface area contributed by atoms with Gasteiger partial charge in [-0.1, -0.05) is 0 Å². The summed E-state index contributed by atoms with van der Waals surface area (Å²) in [7, 11) is 0. The molecule has 0 aliphatic carbocycles. The Bertz CT molecular complexity index is 571. The zero-order chi connectivity index (χ0) is 16.0. The van der Waals surface area contributed by atoms with Gasteiger partial charge in [0.25, 0.3) is 0 Å². The van der Waals surface area contributed by atoms with E-state index in [1.54, 1.807) is 13.8 Å². The summed E-state index contributed by atoms with van der Waals surface area (Å²) >= 11 is 0. The molecule has 0 aromatic heterocycles. The highest BCUT2D eigenvalue weighted by Gasteiger charge is 2.18. The Kier molecular flexibility index (Phi) is 5.85. The topological polar surface area (TPSA) is 64.3 Å². The van der Waals surface area contributed by atoms with E-state index in [1.165, 1.54) is 4.90 Å². The predicted octanol–water partition coefficient (Wildman–Crippen LogP) is 3.05. The molecule has 0 aliphatic heterocycles. The van der Waals surface area contributed by atoms with Gasteiger partial charge < -0.3 is 10.0 Å². The molecule has 0 saturated carbocycles. The van der Waals surface area contributed by atoms with Crippen molar-refractivity contribution in [1.29, 1.82) is 5.26 Å². The number of rotatable bonds is 6. The van der Waals surface area contributed by atoms with Crippen LogP contribution in [0.3, 0.4) is 0 Å². The molecular weight excluding hydrogens is 278 g/mol. The highest BCUT2D eigenvalue weighted by molar-refractivity contribution is 5.85. The Balaban J connectivity index is 3.14. The number of hydrogen-bond donors (Lipinski definition) is 1. The van der Waals surface area contributed by atoms with Gasteiger partial charge in [-0.15, -0.1) is 0 Å². The average molecular weight is 294 g/mol. The molecule has 1 aromatic rings. The molecule has 0 aliphatic rings. The van der Waals surface area contributed by atoms with E-state index in [-0.39, 0.29) is 23.7 Å². The Morgan fingerprint density at radius 2 is 2.05 bits per heavy atom. The molecule has 6 heteroatoms. The normalized spacial score (nSPS) is 12.1. The molecule has 0 amide bonds. The number of nitriles is 1. The zero-order valence-electron chi connectivity index (χ0n) is 11.8. The van der Waals surface area contributed by atoms with Crippen molar-refractivity contribution in [3.63, 3.8) is 0 Å². The fourth-order valence-electron chi connectivity index (χ4n) is 1.90. The van der Waals surface area contributed by atoms with Crippen LogP contribution < -0.4 is 4.90 Å². The molecule has 0 heterocycles. The van der Waals surface area contributed by atoms with Crippen molar-refractivity contribution in [1.82, 2.24) is 0 Å². The Hall–Kier alpha value is -2.42. The van der Waals surface area contributed by atoms with Crippen LogP contribution in [-0.4, -0.2) is 24.2 Å². The van der Waals surface area contributed by atoms with Crippen molar-refractivity contribution in [2.45, 2.75) is 13.8 Å². The van der Waals surface area contributed by atoms with E-state index in [0.29, 0.717) is 6.54 Å². The van der Waals surface area contributed by atoms with E-state index >= 15 is 0 Å². The van der Waals surface area contributed by atoms with Crippen molar-refractivity contribution < 1.29 is 18.7 Å². The molecule has 4 nitrogen and oxygen atoms in total. The van der Waals surface area contributed by atoms with Gasteiger partial charge in [0, 0.05) is 19.2 Å². The maximum atomic E-state index is 14.1. The minimum atomic E-state index is -1.20. The van der Waals surface area contributed by atoms with Crippen molar-refractivity contribution in [3.8, 4) is 6.07 Å². The third kappa shape index (κ3) is 4.56. The van der Waals surface area contributed by atoms with Crippen LogP contribution in [0.1, 0.15) is 19.4 Å². The van der Waals surface area contributed by atoms with Crippen molar-refractivity contribution in [2.24, 2.45) is 5.92 Å². The van der Waals surface area contributed by atoms with Gasteiger partial charge in [0.1, 0.15) is 17.3 Å². The van der Waals surface area contributed by atoms with Gasteiger partial charge in [0.15, 0.2) is 0 Å². The SMILES string of the molecule is CCN(CC(C)C#N)c1c(F)cc(C=CC(=O)O)cc1F. The number of aliphatic carboxylic acids is 1. The number of nitrogens with zero attached hydrogens (tertiary/aromatic N) is 2. The summed E-state index contributed by atoms with van der Waals surface area (Å²) in [6, 6.07) is 4.15. The molecule has 1 rings (SSSR count). The second kappa shape index (κ2) is 7.39. The van der Waals surface area contributed by atoms with Crippen LogP contribution in [0, 0.1) is 28.9 Å². The van der Waals surface area contributed by atoms with Gasteiger partial charge in [-0.05, 0) is 37.6 Å². The van der Waals surface area contributed by atoms with Crippen LogP contribution in [0.15, 0.2) is 18.2 Å². The van der Waals surface area contributed by atoms with Gasteiger partial charge in [-0.3, -0.25) is 0 Å². The van der Waals surface area contributed by atoms with Gasteiger partial charge in [-0.2, -0.15) is 5.26 Å². The molecule has 1 aromatic carbocycles. The summed E-state index contributed by atoms with van der Waals surface area (Å²) < 4.78 is 28.2. The number of carboxylic acid groups (broad SMARTS) is 1. The monoisotopic (exact) mass is 294 g/mol. The first kappa shape index (κ1) is 16.6. The summed E-state index contributed by atoms with van der Waals surface area (Å²) in [5.41, 5.74) is -0.0763. The minimum absolute atomic E-state index is 0.125. The van der Waals surface area contributed by atoms with Crippen LogP contribution in [0.25, 0.3) is 6.08 Å². The average Bonchev–Trinajstić information content (AvgIpc) is 2.42.